The number of fused-ring (bicyclic) bond motifs is 2. The molecule has 230 valence electrons. The van der Waals surface area contributed by atoms with Gasteiger partial charge in [-0.1, -0.05) is 25.1 Å². The molecule has 44 heavy (non-hydrogen) atoms. The Morgan fingerprint density at radius 3 is 2.68 bits per heavy atom. The maximum Gasteiger partial charge on any atom is 0.335 e. The monoisotopic (exact) mass is 599 g/mol. The molecule has 10 heteroatoms. The molecule has 3 aromatic carbocycles. The third-order valence-corrected chi connectivity index (χ3v) is 8.68. The molecule has 0 saturated carbocycles. The van der Waals surface area contributed by atoms with Gasteiger partial charge < -0.3 is 30.2 Å². The Balaban J connectivity index is 1.19. The highest BCUT2D eigenvalue weighted by Gasteiger charge is 2.43. The molecule has 0 spiro atoms. The van der Waals surface area contributed by atoms with Crippen LogP contribution in [0.3, 0.4) is 0 Å². The lowest BCUT2D eigenvalue weighted by Crippen LogP contribution is -2.34. The van der Waals surface area contributed by atoms with Crippen LogP contribution >= 0.6 is 0 Å². The Kier molecular flexibility index (Phi) is 7.94. The lowest BCUT2D eigenvalue weighted by atomic mass is 9.88. The lowest BCUT2D eigenvalue weighted by molar-refractivity contribution is -0.0712. The third kappa shape index (κ3) is 5.57. The molecule has 0 bridgehead atoms. The second-order valence-corrected chi connectivity index (χ2v) is 11.7. The maximum atomic E-state index is 15.1. The molecule has 0 aliphatic carbocycles. The number of nitrogens with one attached hydrogen (secondary N) is 1. The van der Waals surface area contributed by atoms with Crippen LogP contribution in [0.5, 0.6) is 11.5 Å². The molecule has 1 saturated heterocycles. The molecule has 6 rings (SSSR count). The normalized spacial score (nSPS) is 19.0. The van der Waals surface area contributed by atoms with Crippen LogP contribution in [0.15, 0.2) is 66.5 Å². The highest BCUT2D eigenvalue weighted by atomic mass is 19.1. The van der Waals surface area contributed by atoms with Gasteiger partial charge in [0.15, 0.2) is 11.5 Å². The number of aryl methyl sites for hydroxylation is 1. The van der Waals surface area contributed by atoms with Crippen LogP contribution in [0.25, 0.3) is 11.0 Å². The Hall–Kier alpha value is -4.57. The van der Waals surface area contributed by atoms with Gasteiger partial charge in [-0.15, -0.1) is 0 Å². The zero-order valence-electron chi connectivity index (χ0n) is 25.3. The first-order valence-corrected chi connectivity index (χ1v) is 15.1. The van der Waals surface area contributed by atoms with Crippen molar-refractivity contribution < 1.29 is 23.8 Å². The van der Waals surface area contributed by atoms with Gasteiger partial charge in [0.1, 0.15) is 11.6 Å². The number of halogens is 1. The number of piperidine rings is 1. The van der Waals surface area contributed by atoms with Crippen LogP contribution in [0.1, 0.15) is 65.5 Å². The maximum absolute atomic E-state index is 15.1. The van der Waals surface area contributed by atoms with Gasteiger partial charge in [0.05, 0.1) is 35.2 Å². The smallest absolute Gasteiger partial charge is 0.335 e. The summed E-state index contributed by atoms with van der Waals surface area (Å²) >= 11 is 0. The minimum Gasteiger partial charge on any atom is -0.478 e. The van der Waals surface area contributed by atoms with Crippen LogP contribution in [-0.4, -0.2) is 45.7 Å². The number of benzene rings is 3. The molecule has 3 heterocycles. The lowest BCUT2D eigenvalue weighted by Gasteiger charge is -2.32. The fourth-order valence-electron chi connectivity index (χ4n) is 6.34. The molecule has 4 N–H and O–H groups in total. The summed E-state index contributed by atoms with van der Waals surface area (Å²) in [6, 6.07) is 16.2. The van der Waals surface area contributed by atoms with E-state index in [2.05, 4.69) is 16.3 Å². The molecule has 1 fully saturated rings. The summed E-state index contributed by atoms with van der Waals surface area (Å²) < 4.78 is 29.7. The fourth-order valence-corrected chi connectivity index (χ4v) is 6.34. The van der Waals surface area contributed by atoms with E-state index >= 15 is 4.39 Å². The molecule has 2 aliphatic heterocycles. The number of hydrogen-bond acceptors (Lipinski definition) is 7. The van der Waals surface area contributed by atoms with Gasteiger partial charge in [-0.3, -0.25) is 4.90 Å². The standard InChI is InChI=1S/C34H38FN5O4/c1-4-21-8-10-26(27(35)16-21)34(2)43-30-7-5-6-25(32(30)44-34)22-12-14-39(15-13-22)20-31-38-28-11-9-23(33(41)42)17-29(28)40(31)19-24(36)18-37-3/h5-11,16-18,22,37H,4,12-15,19-20,36H2,1-3H3,(H,41,42)/b24-18-. The van der Waals surface area contributed by atoms with Crippen molar-refractivity contribution in [1.29, 1.82) is 0 Å². The van der Waals surface area contributed by atoms with Crippen molar-refractivity contribution in [3.8, 4) is 11.5 Å². The molecule has 9 nitrogen and oxygen atoms in total. The molecule has 1 aromatic heterocycles. The number of ether oxygens (including phenoxy) is 2. The quantitative estimate of drug-likeness (QED) is 0.232. The van der Waals surface area contributed by atoms with E-state index in [0.717, 1.165) is 60.3 Å². The minimum absolute atomic E-state index is 0.209. The molecule has 4 aromatic rings. The van der Waals surface area contributed by atoms with Crippen LogP contribution in [0.4, 0.5) is 4.39 Å². The molecular weight excluding hydrogens is 561 g/mol. The predicted octanol–water partition coefficient (Wildman–Crippen LogP) is 5.48. The number of allylic oxidation sites excluding steroid dienone is 1. The number of imidazole rings is 1. The summed E-state index contributed by atoms with van der Waals surface area (Å²) in [5.41, 5.74) is 10.9. The summed E-state index contributed by atoms with van der Waals surface area (Å²) in [5, 5.41) is 12.5. The molecule has 2 aliphatic rings. The number of nitrogens with two attached hydrogens (primary N) is 1. The number of carboxylic acid groups (broad SMARTS) is 1. The van der Waals surface area contributed by atoms with Crippen molar-refractivity contribution in [2.24, 2.45) is 5.73 Å². The summed E-state index contributed by atoms with van der Waals surface area (Å²) in [5.74, 6) is -0.142. The zero-order valence-corrected chi connectivity index (χ0v) is 25.3. The summed E-state index contributed by atoms with van der Waals surface area (Å²) in [7, 11) is 1.79. The Bertz CT molecular complexity index is 1740. The van der Waals surface area contributed by atoms with Crippen molar-refractivity contribution in [2.75, 3.05) is 20.1 Å². The van der Waals surface area contributed by atoms with Crippen LogP contribution < -0.4 is 20.5 Å². The predicted molar refractivity (Wildman–Crippen MR) is 166 cm³/mol. The summed E-state index contributed by atoms with van der Waals surface area (Å²) in [6.07, 6.45) is 4.29. The van der Waals surface area contributed by atoms with E-state index in [1.54, 1.807) is 50.5 Å². The van der Waals surface area contributed by atoms with Crippen LogP contribution in [-0.2, 0) is 25.3 Å². The second-order valence-electron chi connectivity index (χ2n) is 11.7. The largest absolute Gasteiger partial charge is 0.478 e. The summed E-state index contributed by atoms with van der Waals surface area (Å²) in [6.45, 7) is 6.44. The number of aromatic carboxylic acids is 1. The average Bonchev–Trinajstić information content (AvgIpc) is 3.53. The number of rotatable bonds is 9. The average molecular weight is 600 g/mol. The van der Waals surface area contributed by atoms with Crippen LogP contribution in [0.2, 0.25) is 0 Å². The van der Waals surface area contributed by atoms with Gasteiger partial charge in [0, 0.05) is 31.4 Å². The second kappa shape index (κ2) is 11.8. The van der Waals surface area contributed by atoms with E-state index in [-0.39, 0.29) is 17.3 Å². The zero-order chi connectivity index (χ0) is 31.0. The first-order chi connectivity index (χ1) is 21.2. The third-order valence-electron chi connectivity index (χ3n) is 8.68. The van der Waals surface area contributed by atoms with Crippen molar-refractivity contribution in [3.63, 3.8) is 0 Å². The van der Waals surface area contributed by atoms with Crippen molar-refractivity contribution in [3.05, 3.63) is 100 Å². The number of carboxylic acids is 1. The number of likely N-dealkylation sites (tertiary alicyclic amines) is 1. The molecular formula is C34H38FN5O4. The molecule has 1 unspecified atom stereocenters. The van der Waals surface area contributed by atoms with Gasteiger partial charge in [0.25, 0.3) is 5.79 Å². The van der Waals surface area contributed by atoms with Gasteiger partial charge >= 0.3 is 5.97 Å². The first kappa shape index (κ1) is 29.5. The SMILES string of the molecule is CCc1ccc(C2(C)Oc3cccc(C4CCN(Cc5nc6ccc(C(=O)O)cc6n5C/C(N)=C/NC)CC4)c3O2)c(F)c1. The van der Waals surface area contributed by atoms with Crippen molar-refractivity contribution >= 4 is 17.0 Å². The van der Waals surface area contributed by atoms with Gasteiger partial charge in [0.2, 0.25) is 0 Å². The topological polar surface area (TPSA) is 115 Å². The minimum atomic E-state index is -1.24. The number of carbonyl (C=O) groups is 1. The van der Waals surface area contributed by atoms with Crippen molar-refractivity contribution in [2.45, 2.75) is 57.9 Å². The van der Waals surface area contributed by atoms with E-state index in [1.807, 2.05) is 29.7 Å². The van der Waals surface area contributed by atoms with E-state index in [4.69, 9.17) is 20.2 Å². The number of aromatic nitrogens is 2. The highest BCUT2D eigenvalue weighted by molar-refractivity contribution is 5.92. The number of para-hydroxylation sites is 1. The van der Waals surface area contributed by atoms with Gasteiger partial charge in [-0.2, -0.15) is 0 Å². The van der Waals surface area contributed by atoms with E-state index in [9.17, 15) is 9.90 Å². The fraction of sp³-hybridized carbons (Fsp3) is 0.353. The Morgan fingerprint density at radius 1 is 1.18 bits per heavy atom. The van der Waals surface area contributed by atoms with E-state index < -0.39 is 11.8 Å². The van der Waals surface area contributed by atoms with Gasteiger partial charge in [-0.25, -0.2) is 14.2 Å². The highest BCUT2D eigenvalue weighted by Crippen LogP contribution is 2.49. The number of hydrogen-bond donors (Lipinski definition) is 3. The molecule has 0 amide bonds. The molecule has 0 radical (unpaired) electrons. The summed E-state index contributed by atoms with van der Waals surface area (Å²) in [4.78, 5) is 18.9. The van der Waals surface area contributed by atoms with Gasteiger partial charge in [-0.05, 0) is 80.2 Å². The molecule has 1 atom stereocenters. The van der Waals surface area contributed by atoms with Crippen molar-refractivity contribution in [1.82, 2.24) is 19.8 Å². The van der Waals surface area contributed by atoms with Crippen LogP contribution in [0, 0.1) is 5.82 Å². The Labute approximate surface area is 256 Å². The van der Waals surface area contributed by atoms with E-state index in [1.165, 1.54) is 0 Å². The Morgan fingerprint density at radius 2 is 1.98 bits per heavy atom. The first-order valence-electron chi connectivity index (χ1n) is 15.1. The number of nitrogens with zero attached hydrogens (tertiary/aromatic N) is 3. The van der Waals surface area contributed by atoms with E-state index in [0.29, 0.717) is 35.8 Å².